The van der Waals surface area contributed by atoms with Crippen molar-refractivity contribution in [1.29, 1.82) is 0 Å². The van der Waals surface area contributed by atoms with E-state index in [9.17, 15) is 0 Å². The lowest BCUT2D eigenvalue weighted by Gasteiger charge is -2.36. The molecule has 0 nitrogen and oxygen atoms in total. The molecule has 0 N–H and O–H groups in total. The van der Waals surface area contributed by atoms with Gasteiger partial charge in [0.05, 0.1) is 0 Å². The van der Waals surface area contributed by atoms with Crippen molar-refractivity contribution in [3.05, 3.63) is 35.4 Å². The molecule has 0 bridgehead atoms. The average molecular weight is 262 g/mol. The Labute approximate surface area is 121 Å². The molecule has 0 aliphatic rings. The van der Waals surface area contributed by atoms with Gasteiger partial charge in [0.15, 0.2) is 0 Å². The van der Waals surface area contributed by atoms with Crippen LogP contribution in [0.4, 0.5) is 0 Å². The van der Waals surface area contributed by atoms with Crippen molar-refractivity contribution in [2.24, 2.45) is 10.8 Å². The van der Waals surface area contributed by atoms with Crippen LogP contribution in [0.1, 0.15) is 79.4 Å². The quantitative estimate of drug-likeness (QED) is 0.587. The lowest BCUT2D eigenvalue weighted by Crippen LogP contribution is -2.23. The first-order valence-electron chi connectivity index (χ1n) is 7.22. The van der Waals surface area contributed by atoms with E-state index in [1.807, 2.05) is 0 Å². The summed E-state index contributed by atoms with van der Waals surface area (Å²) in [5.74, 6) is 0.628. The summed E-state index contributed by atoms with van der Waals surface area (Å²) >= 11 is 0. The molecule has 19 heavy (non-hydrogen) atoms. The predicted molar refractivity (Wildman–Crippen MR) is 88.8 cm³/mol. The molecule has 0 aliphatic heterocycles. The molecule has 0 radical (unpaired) electrons. The Hall–Kier alpha value is -0.780. The molecule has 0 heteroatoms. The molecule has 1 aromatic carbocycles. The van der Waals surface area contributed by atoms with Gasteiger partial charge in [-0.1, -0.05) is 80.2 Å². The second-order valence-corrected chi connectivity index (χ2v) is 7.78. The molecule has 0 fully saturated rings. The molecule has 1 unspecified atom stereocenters. The first-order valence-corrected chi connectivity index (χ1v) is 7.22. The normalized spacial score (nSPS) is 13.8. The molecule has 1 aromatic rings. The summed E-state index contributed by atoms with van der Waals surface area (Å²) in [6, 6.07) is 9.24. The summed E-state index contributed by atoms with van der Waals surface area (Å²) in [6.45, 7) is 16.3. The van der Waals surface area contributed by atoms with Crippen molar-refractivity contribution in [3.8, 4) is 0 Å². The van der Waals surface area contributed by atoms with E-state index < -0.39 is 0 Å². The van der Waals surface area contributed by atoms with E-state index in [1.54, 1.807) is 0 Å². The Kier molecular flexibility index (Phi) is 6.32. The van der Waals surface area contributed by atoms with Gasteiger partial charge < -0.3 is 0 Å². The highest BCUT2D eigenvalue weighted by molar-refractivity contribution is 5.27. The van der Waals surface area contributed by atoms with Gasteiger partial charge in [-0.25, -0.2) is 0 Å². The maximum Gasteiger partial charge on any atom is -0.0108 e. The van der Waals surface area contributed by atoms with Crippen LogP contribution in [0, 0.1) is 10.8 Å². The molecule has 0 aromatic heterocycles. The summed E-state index contributed by atoms with van der Waals surface area (Å²) in [5, 5.41) is 0. The van der Waals surface area contributed by atoms with Crippen LogP contribution in [-0.4, -0.2) is 0 Å². The Morgan fingerprint density at radius 1 is 0.895 bits per heavy atom. The Bertz CT molecular complexity index is 357. The predicted octanol–water partition coefficient (Wildman–Crippen LogP) is 6.45. The van der Waals surface area contributed by atoms with E-state index in [0.29, 0.717) is 16.7 Å². The zero-order valence-electron chi connectivity index (χ0n) is 13.3. The van der Waals surface area contributed by atoms with Crippen molar-refractivity contribution in [2.75, 3.05) is 0 Å². The summed E-state index contributed by atoms with van der Waals surface area (Å²) in [5.41, 5.74) is 3.62. The second-order valence-electron chi connectivity index (χ2n) is 7.78. The summed E-state index contributed by atoms with van der Waals surface area (Å²) in [6.07, 6.45) is 2.36. The minimum absolute atomic E-state index is 0. The standard InChI is InChI=1S/C18H30.CH4/c1-8-14-9-11-15(12-10-14)16(18(5,6)7)13-17(2,3)4;/h9-12,16H,8,13H2,1-7H3;1H4. The highest BCUT2D eigenvalue weighted by Crippen LogP contribution is 2.42. The fourth-order valence-corrected chi connectivity index (χ4v) is 2.52. The topological polar surface area (TPSA) is 0 Å². The summed E-state index contributed by atoms with van der Waals surface area (Å²) < 4.78 is 0. The van der Waals surface area contributed by atoms with Gasteiger partial charge in [0.2, 0.25) is 0 Å². The van der Waals surface area contributed by atoms with Gasteiger partial charge in [-0.2, -0.15) is 0 Å². The third-order valence-electron chi connectivity index (χ3n) is 3.65. The molecule has 0 spiro atoms. The average Bonchev–Trinajstić information content (AvgIpc) is 2.24. The van der Waals surface area contributed by atoms with E-state index in [1.165, 1.54) is 17.5 Å². The van der Waals surface area contributed by atoms with Crippen molar-refractivity contribution < 1.29 is 0 Å². The minimum atomic E-state index is 0. The fraction of sp³-hybridized carbons (Fsp3) is 0.684. The third kappa shape index (κ3) is 5.80. The lowest BCUT2D eigenvalue weighted by molar-refractivity contribution is 0.229. The van der Waals surface area contributed by atoms with Crippen molar-refractivity contribution in [2.45, 2.75) is 74.7 Å². The van der Waals surface area contributed by atoms with Crippen LogP contribution in [0.2, 0.25) is 0 Å². The molecule has 1 atom stereocenters. The molecule has 0 saturated carbocycles. The zero-order valence-corrected chi connectivity index (χ0v) is 13.3. The van der Waals surface area contributed by atoms with E-state index in [0.717, 1.165) is 6.42 Å². The molecule has 0 amide bonds. The van der Waals surface area contributed by atoms with Crippen LogP contribution in [0.5, 0.6) is 0 Å². The summed E-state index contributed by atoms with van der Waals surface area (Å²) in [7, 11) is 0. The van der Waals surface area contributed by atoms with Crippen molar-refractivity contribution in [1.82, 2.24) is 0 Å². The number of hydrogen-bond donors (Lipinski definition) is 0. The molecule has 1 rings (SSSR count). The lowest BCUT2D eigenvalue weighted by atomic mass is 9.69. The van der Waals surface area contributed by atoms with Crippen molar-refractivity contribution in [3.63, 3.8) is 0 Å². The summed E-state index contributed by atoms with van der Waals surface area (Å²) in [4.78, 5) is 0. The van der Waals surface area contributed by atoms with E-state index in [4.69, 9.17) is 0 Å². The second kappa shape index (κ2) is 6.59. The van der Waals surface area contributed by atoms with Crippen LogP contribution in [-0.2, 0) is 6.42 Å². The van der Waals surface area contributed by atoms with Gasteiger partial charge in [-0.15, -0.1) is 0 Å². The van der Waals surface area contributed by atoms with Gasteiger partial charge in [0.25, 0.3) is 0 Å². The Balaban J connectivity index is 0.00000324. The van der Waals surface area contributed by atoms with E-state index >= 15 is 0 Å². The molecule has 0 aliphatic carbocycles. The number of aryl methyl sites for hydroxylation is 1. The molecule has 0 saturated heterocycles. The number of benzene rings is 1. The number of rotatable bonds is 3. The van der Waals surface area contributed by atoms with Gasteiger partial charge in [0.1, 0.15) is 0 Å². The van der Waals surface area contributed by atoms with Gasteiger partial charge in [-0.3, -0.25) is 0 Å². The molecular weight excluding hydrogens is 228 g/mol. The SMILES string of the molecule is C.CCc1ccc(C(CC(C)(C)C)C(C)(C)C)cc1. The Morgan fingerprint density at radius 2 is 1.37 bits per heavy atom. The van der Waals surface area contributed by atoms with Crippen LogP contribution in [0.3, 0.4) is 0 Å². The molecular formula is C19H34. The first-order chi connectivity index (χ1) is 8.13. The maximum absolute atomic E-state index is 2.36. The van der Waals surface area contributed by atoms with Crippen LogP contribution in [0.15, 0.2) is 24.3 Å². The number of hydrogen-bond acceptors (Lipinski definition) is 0. The van der Waals surface area contributed by atoms with Crippen LogP contribution in [0.25, 0.3) is 0 Å². The van der Waals surface area contributed by atoms with E-state index in [-0.39, 0.29) is 7.43 Å². The largest absolute Gasteiger partial charge is 0.0776 e. The highest BCUT2D eigenvalue weighted by atomic mass is 14.3. The van der Waals surface area contributed by atoms with Gasteiger partial charge >= 0.3 is 0 Å². The van der Waals surface area contributed by atoms with Gasteiger partial charge in [0, 0.05) is 0 Å². The Morgan fingerprint density at radius 3 is 1.68 bits per heavy atom. The van der Waals surface area contributed by atoms with Crippen molar-refractivity contribution >= 4 is 0 Å². The monoisotopic (exact) mass is 262 g/mol. The smallest absolute Gasteiger partial charge is 0.0108 e. The maximum atomic E-state index is 2.36. The zero-order chi connectivity index (χ0) is 14.0. The van der Waals surface area contributed by atoms with Gasteiger partial charge in [-0.05, 0) is 40.7 Å². The molecule has 0 heterocycles. The fourth-order valence-electron chi connectivity index (χ4n) is 2.52. The first kappa shape index (κ1) is 18.2. The van der Waals surface area contributed by atoms with Crippen LogP contribution >= 0.6 is 0 Å². The highest BCUT2D eigenvalue weighted by Gasteiger charge is 2.30. The molecule has 110 valence electrons. The minimum Gasteiger partial charge on any atom is -0.0776 e. The van der Waals surface area contributed by atoms with E-state index in [2.05, 4.69) is 72.7 Å². The van der Waals surface area contributed by atoms with Crippen LogP contribution < -0.4 is 0 Å². The third-order valence-corrected chi connectivity index (χ3v) is 3.65.